The van der Waals surface area contributed by atoms with Crippen molar-refractivity contribution < 1.29 is 13.3 Å². The summed E-state index contributed by atoms with van der Waals surface area (Å²) in [6.07, 6.45) is 0.862. The molecule has 0 aliphatic rings. The van der Waals surface area contributed by atoms with Crippen LogP contribution in [0.1, 0.15) is 11.1 Å². The van der Waals surface area contributed by atoms with E-state index in [1.165, 1.54) is 23.5 Å². The number of nitro groups is 1. The molecule has 168 valence electrons. The molecule has 0 aliphatic carbocycles. The SMILES string of the molecule is CN(C(Cc1ccc(Br)cc1)Cc1ccc(Br)cc1)S(=O)(=O)c1ccc(Cl)cc1[N+](=O)[O-]. The maximum absolute atomic E-state index is 13.5. The van der Waals surface area contributed by atoms with Gasteiger partial charge in [0, 0.05) is 33.1 Å². The van der Waals surface area contributed by atoms with Gasteiger partial charge in [-0.25, -0.2) is 8.42 Å². The minimum Gasteiger partial charge on any atom is -0.258 e. The third-order valence-electron chi connectivity index (χ3n) is 5.06. The molecule has 32 heavy (non-hydrogen) atoms. The smallest absolute Gasteiger partial charge is 0.258 e. The van der Waals surface area contributed by atoms with Crippen molar-refractivity contribution in [2.75, 3.05) is 7.05 Å². The van der Waals surface area contributed by atoms with Gasteiger partial charge in [0.1, 0.15) is 0 Å². The molecule has 0 radical (unpaired) electrons. The molecule has 0 bridgehead atoms. The Morgan fingerprint density at radius 2 is 1.41 bits per heavy atom. The lowest BCUT2D eigenvalue weighted by atomic mass is 9.99. The number of benzene rings is 3. The normalized spacial score (nSPS) is 11.8. The monoisotopic (exact) mass is 600 g/mol. The molecule has 3 aromatic carbocycles. The fourth-order valence-corrected chi connectivity index (χ4v) is 5.50. The Labute approximate surface area is 208 Å². The molecule has 10 heteroatoms. The molecule has 0 unspecified atom stereocenters. The van der Waals surface area contributed by atoms with Gasteiger partial charge >= 0.3 is 0 Å². The van der Waals surface area contributed by atoms with E-state index in [2.05, 4.69) is 31.9 Å². The lowest BCUT2D eigenvalue weighted by molar-refractivity contribution is -0.387. The maximum Gasteiger partial charge on any atom is 0.290 e. The first-order chi connectivity index (χ1) is 15.1. The van der Waals surface area contributed by atoms with Crippen LogP contribution in [0.2, 0.25) is 5.02 Å². The molecular weight excluding hydrogens is 584 g/mol. The Kier molecular flexibility index (Phi) is 8.11. The van der Waals surface area contributed by atoms with E-state index in [1.54, 1.807) is 0 Å². The molecule has 0 fully saturated rings. The molecule has 3 rings (SSSR count). The highest BCUT2D eigenvalue weighted by Gasteiger charge is 2.34. The number of likely N-dealkylation sites (N-methyl/N-ethyl adjacent to an activating group) is 1. The highest BCUT2D eigenvalue weighted by Crippen LogP contribution is 2.31. The van der Waals surface area contributed by atoms with Crippen molar-refractivity contribution >= 4 is 59.2 Å². The summed E-state index contributed by atoms with van der Waals surface area (Å²) in [7, 11) is -2.72. The molecule has 0 spiro atoms. The van der Waals surface area contributed by atoms with Gasteiger partial charge in [-0.1, -0.05) is 67.7 Å². The Balaban J connectivity index is 2.01. The molecule has 0 saturated carbocycles. The quantitative estimate of drug-likeness (QED) is 0.226. The van der Waals surface area contributed by atoms with Gasteiger partial charge in [0.05, 0.1) is 4.92 Å². The van der Waals surface area contributed by atoms with Crippen LogP contribution >= 0.6 is 43.5 Å². The van der Waals surface area contributed by atoms with Crippen molar-refractivity contribution in [2.45, 2.75) is 23.8 Å². The minimum absolute atomic E-state index is 0.0968. The van der Waals surface area contributed by atoms with Crippen LogP contribution in [-0.2, 0) is 22.9 Å². The van der Waals surface area contributed by atoms with Crippen LogP contribution in [-0.4, -0.2) is 30.7 Å². The van der Waals surface area contributed by atoms with Crippen molar-refractivity contribution in [1.29, 1.82) is 0 Å². The molecule has 0 saturated heterocycles. The lowest BCUT2D eigenvalue weighted by Crippen LogP contribution is -2.40. The van der Waals surface area contributed by atoms with Crippen molar-refractivity contribution in [3.8, 4) is 0 Å². The number of nitrogens with zero attached hydrogens (tertiary/aromatic N) is 2. The molecule has 6 nitrogen and oxygen atoms in total. The summed E-state index contributed by atoms with van der Waals surface area (Å²) >= 11 is 12.7. The van der Waals surface area contributed by atoms with Crippen LogP contribution in [0, 0.1) is 10.1 Å². The number of nitro benzene ring substituents is 1. The van der Waals surface area contributed by atoms with E-state index in [9.17, 15) is 18.5 Å². The minimum atomic E-state index is -4.17. The van der Waals surface area contributed by atoms with Gasteiger partial charge < -0.3 is 0 Å². The van der Waals surface area contributed by atoms with E-state index in [4.69, 9.17) is 11.6 Å². The highest BCUT2D eigenvalue weighted by atomic mass is 79.9. The third kappa shape index (κ3) is 5.96. The Morgan fingerprint density at radius 1 is 0.938 bits per heavy atom. The summed E-state index contributed by atoms with van der Waals surface area (Å²) in [6.45, 7) is 0. The van der Waals surface area contributed by atoms with Crippen molar-refractivity contribution in [2.24, 2.45) is 0 Å². The number of rotatable bonds is 8. The van der Waals surface area contributed by atoms with E-state index in [1.807, 2.05) is 48.5 Å². The fourth-order valence-electron chi connectivity index (χ4n) is 3.32. The van der Waals surface area contributed by atoms with Gasteiger partial charge in [-0.15, -0.1) is 0 Å². The zero-order valence-electron chi connectivity index (χ0n) is 16.9. The molecule has 0 atom stereocenters. The second-order valence-electron chi connectivity index (χ2n) is 7.21. The first kappa shape index (κ1) is 24.9. The van der Waals surface area contributed by atoms with Crippen LogP contribution in [0.3, 0.4) is 0 Å². The third-order valence-corrected chi connectivity index (χ3v) is 8.31. The Morgan fingerprint density at radius 3 is 1.84 bits per heavy atom. The predicted molar refractivity (Wildman–Crippen MR) is 133 cm³/mol. The van der Waals surface area contributed by atoms with Crippen LogP contribution in [0.4, 0.5) is 5.69 Å². The maximum atomic E-state index is 13.5. The summed E-state index contributed by atoms with van der Waals surface area (Å²) in [5, 5.41) is 11.6. The number of hydrogen-bond donors (Lipinski definition) is 0. The van der Waals surface area contributed by atoms with E-state index >= 15 is 0 Å². The molecule has 0 aromatic heterocycles. The molecule has 0 N–H and O–H groups in total. The van der Waals surface area contributed by atoms with Gasteiger partial charge in [-0.05, 0) is 60.4 Å². The van der Waals surface area contributed by atoms with Gasteiger partial charge in [-0.2, -0.15) is 4.31 Å². The largest absolute Gasteiger partial charge is 0.290 e. The molecule has 0 heterocycles. The van der Waals surface area contributed by atoms with Gasteiger partial charge in [0.2, 0.25) is 10.0 Å². The van der Waals surface area contributed by atoms with Crippen LogP contribution in [0.5, 0.6) is 0 Å². The first-order valence-corrected chi connectivity index (χ1v) is 12.9. The molecule has 3 aromatic rings. The van der Waals surface area contributed by atoms with E-state index in [0.717, 1.165) is 26.1 Å². The molecule has 0 aliphatic heterocycles. The summed E-state index contributed by atoms with van der Waals surface area (Å²) in [5.41, 5.74) is 1.35. The summed E-state index contributed by atoms with van der Waals surface area (Å²) < 4.78 is 30.0. The van der Waals surface area contributed by atoms with Gasteiger partial charge in [0.15, 0.2) is 4.90 Å². The Hall–Kier alpha value is -1.78. The number of hydrogen-bond acceptors (Lipinski definition) is 4. The lowest BCUT2D eigenvalue weighted by Gasteiger charge is -2.28. The van der Waals surface area contributed by atoms with Gasteiger partial charge in [-0.3, -0.25) is 10.1 Å². The summed E-state index contributed by atoms with van der Waals surface area (Å²) in [4.78, 5) is 10.4. The van der Waals surface area contributed by atoms with Gasteiger partial charge in [0.25, 0.3) is 5.69 Å². The average molecular weight is 603 g/mol. The highest BCUT2D eigenvalue weighted by molar-refractivity contribution is 9.10. The van der Waals surface area contributed by atoms with E-state index < -0.39 is 26.7 Å². The van der Waals surface area contributed by atoms with Crippen molar-refractivity contribution in [1.82, 2.24) is 4.31 Å². The van der Waals surface area contributed by atoms with E-state index in [-0.39, 0.29) is 9.92 Å². The zero-order valence-corrected chi connectivity index (χ0v) is 21.7. The van der Waals surface area contributed by atoms with Crippen LogP contribution in [0.25, 0.3) is 0 Å². The van der Waals surface area contributed by atoms with Crippen molar-refractivity contribution in [3.05, 3.63) is 102 Å². The molecule has 0 amide bonds. The topological polar surface area (TPSA) is 80.5 Å². The zero-order chi connectivity index (χ0) is 23.5. The van der Waals surface area contributed by atoms with Crippen LogP contribution < -0.4 is 0 Å². The number of halogens is 3. The summed E-state index contributed by atoms with van der Waals surface area (Å²) in [5.74, 6) is 0. The number of sulfonamides is 1. The standard InChI is InChI=1S/C22H19Br2ClN2O4S/c1-26(32(30,31)22-11-10-19(25)14-21(22)27(28)29)20(12-15-2-6-17(23)7-3-15)13-16-4-8-18(24)9-5-16/h2-11,14,20H,12-13H2,1H3. The first-order valence-electron chi connectivity index (χ1n) is 9.49. The second kappa shape index (κ2) is 10.4. The average Bonchev–Trinajstić information content (AvgIpc) is 2.75. The summed E-state index contributed by atoms with van der Waals surface area (Å²) in [6, 6.07) is 18.4. The van der Waals surface area contributed by atoms with E-state index in [0.29, 0.717) is 12.8 Å². The van der Waals surface area contributed by atoms with Crippen LogP contribution in [0.15, 0.2) is 80.6 Å². The fraction of sp³-hybridized carbons (Fsp3) is 0.182. The Bertz CT molecular complexity index is 1170. The molecular formula is C22H19Br2ClN2O4S. The van der Waals surface area contributed by atoms with Crippen molar-refractivity contribution in [3.63, 3.8) is 0 Å². The second-order valence-corrected chi connectivity index (χ2v) is 11.4. The predicted octanol–water partition coefficient (Wildman–Crippen LogP) is 6.25.